The topological polar surface area (TPSA) is 78.8 Å². The van der Waals surface area contributed by atoms with E-state index in [0.29, 0.717) is 5.02 Å². The van der Waals surface area contributed by atoms with E-state index in [1.807, 2.05) is 13.8 Å². The third-order valence-electron chi connectivity index (χ3n) is 3.96. The van der Waals surface area contributed by atoms with Crippen LogP contribution < -0.4 is 5.32 Å². The lowest BCUT2D eigenvalue weighted by Gasteiger charge is -2.21. The van der Waals surface area contributed by atoms with Gasteiger partial charge in [-0.2, -0.15) is 0 Å². The number of hydrogen-bond acceptors (Lipinski definition) is 3. The van der Waals surface area contributed by atoms with Crippen LogP contribution in [0.3, 0.4) is 0 Å². The van der Waals surface area contributed by atoms with Crippen molar-refractivity contribution in [3.8, 4) is 0 Å². The highest BCUT2D eigenvalue weighted by Gasteiger charge is 2.43. The Kier molecular flexibility index (Phi) is 3.80. The number of rotatable bonds is 3. The summed E-state index contributed by atoms with van der Waals surface area (Å²) < 4.78 is 0. The molecule has 21 heavy (non-hydrogen) atoms. The van der Waals surface area contributed by atoms with Crippen LogP contribution in [-0.4, -0.2) is 28.4 Å². The summed E-state index contributed by atoms with van der Waals surface area (Å²) in [6, 6.07) is 3.10. The van der Waals surface area contributed by atoms with Crippen molar-refractivity contribution in [3.05, 3.63) is 33.8 Å². The Hall–Kier alpha value is -1.88. The number of nitrogens with one attached hydrogen (secondary N) is 1. The first-order chi connectivity index (χ1) is 9.68. The largest absolute Gasteiger partial charge is 0.478 e. The fourth-order valence-corrected chi connectivity index (χ4v) is 2.40. The highest BCUT2D eigenvalue weighted by Crippen LogP contribution is 2.31. The van der Waals surface area contributed by atoms with Crippen LogP contribution in [0.2, 0.25) is 5.02 Å². The van der Waals surface area contributed by atoms with Crippen molar-refractivity contribution in [2.75, 3.05) is 0 Å². The molecular formula is C15H17ClN2O3. The fraction of sp³-hybridized carbons (Fsp3) is 0.400. The summed E-state index contributed by atoms with van der Waals surface area (Å²) in [5, 5.41) is 12.3. The molecule has 1 amide bonds. The molecule has 1 aliphatic rings. The normalized spacial score (nSPS) is 21.4. The number of amidine groups is 1. The predicted octanol–water partition coefficient (Wildman–Crippen LogP) is 2.64. The van der Waals surface area contributed by atoms with Crippen LogP contribution in [0.5, 0.6) is 0 Å². The van der Waals surface area contributed by atoms with Gasteiger partial charge in [-0.05, 0) is 31.4 Å². The van der Waals surface area contributed by atoms with E-state index in [4.69, 9.17) is 11.6 Å². The number of aromatic carboxylic acids is 1. The Morgan fingerprint density at radius 1 is 1.43 bits per heavy atom. The molecule has 2 N–H and O–H groups in total. The van der Waals surface area contributed by atoms with E-state index >= 15 is 0 Å². The van der Waals surface area contributed by atoms with Gasteiger partial charge >= 0.3 is 5.97 Å². The highest BCUT2D eigenvalue weighted by atomic mass is 35.5. The first kappa shape index (κ1) is 15.5. The molecule has 1 heterocycles. The van der Waals surface area contributed by atoms with E-state index in [1.165, 1.54) is 6.07 Å². The van der Waals surface area contributed by atoms with E-state index in [1.54, 1.807) is 19.9 Å². The average molecular weight is 309 g/mol. The summed E-state index contributed by atoms with van der Waals surface area (Å²) in [5.74, 6) is -1.16. The Labute approximate surface area is 128 Å². The van der Waals surface area contributed by atoms with Crippen LogP contribution in [0.15, 0.2) is 17.1 Å². The minimum absolute atomic E-state index is 0.0214. The predicted molar refractivity (Wildman–Crippen MR) is 81.1 cm³/mol. The molecule has 1 aromatic carbocycles. The third kappa shape index (κ3) is 2.42. The Morgan fingerprint density at radius 2 is 2.05 bits per heavy atom. The van der Waals surface area contributed by atoms with Crippen LogP contribution in [0, 0.1) is 12.8 Å². The van der Waals surface area contributed by atoms with Crippen molar-refractivity contribution in [2.24, 2.45) is 10.9 Å². The number of aliphatic imine (C=N–C) groups is 1. The molecule has 0 aliphatic carbocycles. The Morgan fingerprint density at radius 3 is 2.52 bits per heavy atom. The molecule has 0 fully saturated rings. The number of carbonyl (C=O) groups excluding carboxylic acids is 1. The second-order valence-corrected chi connectivity index (χ2v) is 6.02. The number of hydrogen-bond donors (Lipinski definition) is 2. The average Bonchev–Trinajstić information content (AvgIpc) is 2.69. The molecule has 0 saturated heterocycles. The maximum atomic E-state index is 12.2. The van der Waals surface area contributed by atoms with E-state index in [0.717, 1.165) is 5.56 Å². The molecule has 1 atom stereocenters. The van der Waals surface area contributed by atoms with Crippen LogP contribution in [0.1, 0.15) is 42.3 Å². The first-order valence-corrected chi connectivity index (χ1v) is 7.00. The monoisotopic (exact) mass is 308 g/mol. The molecule has 1 aliphatic heterocycles. The molecule has 6 heteroatoms. The Bertz CT molecular complexity index is 667. The molecule has 0 spiro atoms. The van der Waals surface area contributed by atoms with Crippen molar-refractivity contribution < 1.29 is 14.7 Å². The third-order valence-corrected chi connectivity index (χ3v) is 4.45. The molecular weight excluding hydrogens is 292 g/mol. The Balaban J connectivity index is 2.66. The first-order valence-electron chi connectivity index (χ1n) is 6.62. The lowest BCUT2D eigenvalue weighted by atomic mass is 9.89. The molecule has 112 valence electrons. The van der Waals surface area contributed by atoms with Gasteiger partial charge in [0.2, 0.25) is 0 Å². The van der Waals surface area contributed by atoms with Gasteiger partial charge in [-0.1, -0.05) is 31.5 Å². The van der Waals surface area contributed by atoms with Gasteiger partial charge in [0.1, 0.15) is 11.4 Å². The zero-order chi connectivity index (χ0) is 15.9. The number of halogens is 1. The standard InChI is InChI=1S/C15H17ClN2O3/c1-7(2)15(4)14(21)17-12(18-15)10-9(13(19)20)6-5-8(3)11(10)16/h5-7H,1-4H3,(H,19,20)(H,17,18,21). The zero-order valence-electron chi connectivity index (χ0n) is 12.3. The highest BCUT2D eigenvalue weighted by molar-refractivity contribution is 6.37. The van der Waals surface area contributed by atoms with Gasteiger partial charge in [0.15, 0.2) is 0 Å². The smallest absolute Gasteiger partial charge is 0.336 e. The zero-order valence-corrected chi connectivity index (χ0v) is 13.1. The molecule has 0 aromatic heterocycles. The number of nitrogens with zero attached hydrogens (tertiary/aromatic N) is 1. The SMILES string of the molecule is Cc1ccc(C(=O)O)c(C2=NC(C)(C(C)C)C(=O)N2)c1Cl. The van der Waals surface area contributed by atoms with Crippen molar-refractivity contribution in [3.63, 3.8) is 0 Å². The van der Waals surface area contributed by atoms with Gasteiger partial charge in [0.25, 0.3) is 5.91 Å². The number of carboxylic acid groups (broad SMARTS) is 1. The minimum Gasteiger partial charge on any atom is -0.478 e. The summed E-state index contributed by atoms with van der Waals surface area (Å²) in [5.41, 5.74) is 0.101. The summed E-state index contributed by atoms with van der Waals surface area (Å²) in [4.78, 5) is 28.0. The van der Waals surface area contributed by atoms with Crippen LogP contribution in [0.25, 0.3) is 0 Å². The lowest BCUT2D eigenvalue weighted by Crippen LogP contribution is -2.41. The molecule has 0 radical (unpaired) electrons. The van der Waals surface area contributed by atoms with Crippen molar-refractivity contribution in [1.82, 2.24) is 5.32 Å². The maximum Gasteiger partial charge on any atom is 0.336 e. The van der Waals surface area contributed by atoms with Gasteiger partial charge < -0.3 is 10.4 Å². The minimum atomic E-state index is -1.11. The number of aryl methyl sites for hydroxylation is 1. The molecule has 1 aromatic rings. The summed E-state index contributed by atoms with van der Waals surface area (Å²) in [6.45, 7) is 7.28. The molecule has 0 bridgehead atoms. The second-order valence-electron chi connectivity index (χ2n) is 5.64. The van der Waals surface area contributed by atoms with Gasteiger partial charge in [-0.25, -0.2) is 4.79 Å². The fourth-order valence-electron chi connectivity index (χ4n) is 2.14. The van der Waals surface area contributed by atoms with Crippen molar-refractivity contribution in [2.45, 2.75) is 33.2 Å². The number of carboxylic acids is 1. The van der Waals surface area contributed by atoms with Gasteiger partial charge in [-0.15, -0.1) is 0 Å². The second kappa shape index (κ2) is 5.15. The van der Waals surface area contributed by atoms with E-state index in [-0.39, 0.29) is 28.8 Å². The van der Waals surface area contributed by atoms with Crippen LogP contribution in [-0.2, 0) is 4.79 Å². The maximum absolute atomic E-state index is 12.2. The van der Waals surface area contributed by atoms with Crippen molar-refractivity contribution in [1.29, 1.82) is 0 Å². The quantitative estimate of drug-likeness (QED) is 0.901. The van der Waals surface area contributed by atoms with Gasteiger partial charge in [-0.3, -0.25) is 9.79 Å². The summed E-state index contributed by atoms with van der Waals surface area (Å²) in [6.07, 6.45) is 0. The summed E-state index contributed by atoms with van der Waals surface area (Å²) >= 11 is 6.25. The van der Waals surface area contributed by atoms with Gasteiger partial charge in [0, 0.05) is 0 Å². The molecule has 1 unspecified atom stereocenters. The number of benzene rings is 1. The van der Waals surface area contributed by atoms with E-state index in [9.17, 15) is 14.7 Å². The van der Waals surface area contributed by atoms with Gasteiger partial charge in [0.05, 0.1) is 16.1 Å². The van der Waals surface area contributed by atoms with Crippen LogP contribution in [0.4, 0.5) is 0 Å². The lowest BCUT2D eigenvalue weighted by molar-refractivity contribution is -0.124. The van der Waals surface area contributed by atoms with Crippen molar-refractivity contribution >= 4 is 29.3 Å². The molecule has 2 rings (SSSR count). The van der Waals surface area contributed by atoms with E-state index < -0.39 is 11.5 Å². The van der Waals surface area contributed by atoms with Crippen LogP contribution >= 0.6 is 11.6 Å². The molecule has 5 nitrogen and oxygen atoms in total. The molecule has 0 saturated carbocycles. The number of amides is 1. The number of carbonyl (C=O) groups is 2. The summed E-state index contributed by atoms with van der Waals surface area (Å²) in [7, 11) is 0. The van der Waals surface area contributed by atoms with E-state index in [2.05, 4.69) is 10.3 Å².